The molecule has 0 unspecified atom stereocenters. The van der Waals surface area contributed by atoms with Gasteiger partial charge in [-0.05, 0) is 36.1 Å². The summed E-state index contributed by atoms with van der Waals surface area (Å²) >= 11 is 12.5. The summed E-state index contributed by atoms with van der Waals surface area (Å²) < 4.78 is 0. The van der Waals surface area contributed by atoms with Crippen molar-refractivity contribution in [1.29, 1.82) is 0 Å². The van der Waals surface area contributed by atoms with E-state index in [2.05, 4.69) is 17.1 Å². The maximum atomic E-state index is 11.0. The van der Waals surface area contributed by atoms with Crippen LogP contribution in [0.2, 0.25) is 0 Å². The average Bonchev–Trinajstić information content (AvgIpc) is 2.86. The summed E-state index contributed by atoms with van der Waals surface area (Å²) in [6.45, 7) is 0. The van der Waals surface area contributed by atoms with Crippen molar-refractivity contribution < 1.29 is 4.79 Å². The van der Waals surface area contributed by atoms with E-state index < -0.39 is 5.24 Å². The first kappa shape index (κ1) is 13.5. The molecule has 1 aromatic carbocycles. The molecule has 0 aliphatic heterocycles. The minimum atomic E-state index is -0.518. The van der Waals surface area contributed by atoms with Gasteiger partial charge in [0.05, 0.1) is 0 Å². The number of aryl methyl sites for hydroxylation is 1. The number of benzene rings is 1. The molecule has 0 bridgehead atoms. The molecule has 2 rings (SSSR count). The number of hydrogen-bond donors (Lipinski definition) is 0. The van der Waals surface area contributed by atoms with Gasteiger partial charge >= 0.3 is 0 Å². The molecule has 18 heavy (non-hydrogen) atoms. The van der Waals surface area contributed by atoms with Gasteiger partial charge in [-0.2, -0.15) is 0 Å². The van der Waals surface area contributed by atoms with E-state index in [9.17, 15) is 4.79 Å². The highest BCUT2D eigenvalue weighted by atomic mass is 35.5. The molecule has 0 amide bonds. The zero-order valence-electron chi connectivity index (χ0n) is 9.53. The lowest BCUT2D eigenvalue weighted by atomic mass is 10.1. The van der Waals surface area contributed by atoms with E-state index in [0.717, 1.165) is 23.4 Å². The van der Waals surface area contributed by atoms with Gasteiger partial charge < -0.3 is 0 Å². The largest absolute Gasteiger partial charge is 0.274 e. The molecule has 5 heteroatoms. The maximum absolute atomic E-state index is 11.0. The number of hydrogen-bond acceptors (Lipinski definition) is 3. The molecule has 94 valence electrons. The SMILES string of the molecule is O=C(Cl)c1csc(-c2cccc(CCCCl)c2)n1. The number of alkyl halides is 1. The molecule has 0 saturated carbocycles. The van der Waals surface area contributed by atoms with Crippen LogP contribution in [0.5, 0.6) is 0 Å². The summed E-state index contributed by atoms with van der Waals surface area (Å²) in [5.41, 5.74) is 2.54. The zero-order valence-corrected chi connectivity index (χ0v) is 11.9. The summed E-state index contributed by atoms with van der Waals surface area (Å²) in [6, 6.07) is 8.11. The number of aromatic nitrogens is 1. The monoisotopic (exact) mass is 299 g/mol. The molecular formula is C13H11Cl2NOS. The minimum Gasteiger partial charge on any atom is -0.274 e. The van der Waals surface area contributed by atoms with Crippen LogP contribution in [0.3, 0.4) is 0 Å². The molecule has 2 aromatic rings. The number of halogens is 2. The number of rotatable bonds is 5. The van der Waals surface area contributed by atoms with E-state index in [1.165, 1.54) is 16.9 Å². The molecule has 0 atom stereocenters. The second kappa shape index (κ2) is 6.32. The van der Waals surface area contributed by atoms with Crippen LogP contribution in [0.15, 0.2) is 29.6 Å². The Hall–Kier alpha value is -0.900. The van der Waals surface area contributed by atoms with Gasteiger partial charge in [-0.15, -0.1) is 22.9 Å². The number of carbonyl (C=O) groups is 1. The molecule has 1 heterocycles. The highest BCUT2D eigenvalue weighted by Gasteiger charge is 2.09. The van der Waals surface area contributed by atoms with E-state index in [0.29, 0.717) is 11.6 Å². The molecular weight excluding hydrogens is 289 g/mol. The van der Waals surface area contributed by atoms with Crippen molar-refractivity contribution in [2.75, 3.05) is 5.88 Å². The first-order valence-corrected chi connectivity index (χ1v) is 7.30. The van der Waals surface area contributed by atoms with Gasteiger partial charge in [-0.3, -0.25) is 4.79 Å². The molecule has 0 aliphatic rings. The van der Waals surface area contributed by atoms with Gasteiger partial charge in [0.25, 0.3) is 5.24 Å². The smallest absolute Gasteiger partial charge is 0.271 e. The van der Waals surface area contributed by atoms with Gasteiger partial charge in [-0.1, -0.05) is 18.2 Å². The van der Waals surface area contributed by atoms with E-state index in [4.69, 9.17) is 23.2 Å². The minimum absolute atomic E-state index is 0.308. The second-order valence-electron chi connectivity index (χ2n) is 3.80. The Labute approximate surface area is 120 Å². The van der Waals surface area contributed by atoms with Crippen molar-refractivity contribution in [3.8, 4) is 10.6 Å². The van der Waals surface area contributed by atoms with Crippen LogP contribution >= 0.6 is 34.5 Å². The lowest BCUT2D eigenvalue weighted by Gasteiger charge is -2.01. The van der Waals surface area contributed by atoms with Crippen LogP contribution < -0.4 is 0 Å². The van der Waals surface area contributed by atoms with Gasteiger partial charge in [0.2, 0.25) is 0 Å². The summed E-state index contributed by atoms with van der Waals surface area (Å²) in [7, 11) is 0. The Morgan fingerprint density at radius 1 is 1.39 bits per heavy atom. The average molecular weight is 300 g/mol. The fourth-order valence-electron chi connectivity index (χ4n) is 1.63. The molecule has 1 aromatic heterocycles. The Morgan fingerprint density at radius 2 is 2.22 bits per heavy atom. The highest BCUT2D eigenvalue weighted by Crippen LogP contribution is 2.25. The Balaban J connectivity index is 2.23. The van der Waals surface area contributed by atoms with Gasteiger partial charge in [0, 0.05) is 16.8 Å². The van der Waals surface area contributed by atoms with Crippen LogP contribution in [0, 0.1) is 0 Å². The van der Waals surface area contributed by atoms with E-state index >= 15 is 0 Å². The summed E-state index contributed by atoms with van der Waals surface area (Å²) in [5, 5.41) is 1.97. The van der Waals surface area contributed by atoms with Crippen molar-refractivity contribution in [3.05, 3.63) is 40.9 Å². The predicted octanol–water partition coefficient (Wildman–Crippen LogP) is 4.36. The number of carbonyl (C=O) groups excluding carboxylic acids is 1. The molecule has 0 aliphatic carbocycles. The third kappa shape index (κ3) is 3.31. The topological polar surface area (TPSA) is 30.0 Å². The molecule has 0 N–H and O–H groups in total. The molecule has 0 radical (unpaired) electrons. The molecule has 0 saturated heterocycles. The van der Waals surface area contributed by atoms with E-state index in [1.807, 2.05) is 12.1 Å². The van der Waals surface area contributed by atoms with Crippen molar-refractivity contribution >= 4 is 39.8 Å². The Morgan fingerprint density at radius 3 is 2.89 bits per heavy atom. The molecule has 2 nitrogen and oxygen atoms in total. The van der Waals surface area contributed by atoms with Gasteiger partial charge in [0.1, 0.15) is 10.7 Å². The standard InChI is InChI=1S/C13H11Cl2NOS/c14-6-2-4-9-3-1-5-10(7-9)13-16-11(8-18-13)12(15)17/h1,3,5,7-8H,2,4,6H2. The summed E-state index contributed by atoms with van der Waals surface area (Å²) in [5.74, 6) is 0.659. The van der Waals surface area contributed by atoms with Crippen LogP contribution in [-0.4, -0.2) is 16.1 Å². The zero-order chi connectivity index (χ0) is 13.0. The fraction of sp³-hybridized carbons (Fsp3) is 0.231. The maximum Gasteiger partial charge on any atom is 0.271 e. The van der Waals surface area contributed by atoms with Gasteiger partial charge in [0.15, 0.2) is 0 Å². The first-order valence-electron chi connectivity index (χ1n) is 5.51. The van der Waals surface area contributed by atoms with E-state index in [1.54, 1.807) is 5.38 Å². The first-order chi connectivity index (χ1) is 8.70. The number of thiazole rings is 1. The lowest BCUT2D eigenvalue weighted by Crippen LogP contribution is -1.89. The summed E-state index contributed by atoms with van der Waals surface area (Å²) in [6.07, 6.45) is 1.90. The van der Waals surface area contributed by atoms with Gasteiger partial charge in [-0.25, -0.2) is 4.98 Å². The van der Waals surface area contributed by atoms with Crippen molar-refractivity contribution in [3.63, 3.8) is 0 Å². The molecule has 0 spiro atoms. The quantitative estimate of drug-likeness (QED) is 0.606. The van der Waals surface area contributed by atoms with E-state index in [-0.39, 0.29) is 0 Å². The normalized spacial score (nSPS) is 10.6. The summed E-state index contributed by atoms with van der Waals surface area (Å²) in [4.78, 5) is 15.2. The predicted molar refractivity (Wildman–Crippen MR) is 76.8 cm³/mol. The van der Waals surface area contributed by atoms with Crippen molar-refractivity contribution in [1.82, 2.24) is 4.98 Å². The van der Waals surface area contributed by atoms with Crippen LogP contribution in [0.1, 0.15) is 22.5 Å². The second-order valence-corrected chi connectivity index (χ2v) is 5.38. The van der Waals surface area contributed by atoms with Crippen molar-refractivity contribution in [2.45, 2.75) is 12.8 Å². The van der Waals surface area contributed by atoms with Crippen LogP contribution in [-0.2, 0) is 6.42 Å². The highest BCUT2D eigenvalue weighted by molar-refractivity contribution is 7.13. The van der Waals surface area contributed by atoms with Crippen molar-refractivity contribution in [2.24, 2.45) is 0 Å². The lowest BCUT2D eigenvalue weighted by molar-refractivity contribution is 0.107. The Bertz CT molecular complexity index is 553. The number of nitrogens with zero attached hydrogens (tertiary/aromatic N) is 1. The third-order valence-corrected chi connectivity index (χ3v) is 3.83. The molecule has 0 fully saturated rings. The van der Waals surface area contributed by atoms with Crippen LogP contribution in [0.25, 0.3) is 10.6 Å². The fourth-order valence-corrected chi connectivity index (χ4v) is 2.72. The Kier molecular flexibility index (Phi) is 4.75. The van der Waals surface area contributed by atoms with Crippen LogP contribution in [0.4, 0.5) is 0 Å². The third-order valence-electron chi connectivity index (χ3n) is 2.48.